The zero-order chi connectivity index (χ0) is 21.8. The summed E-state index contributed by atoms with van der Waals surface area (Å²) < 4.78 is 0.552. The average Bonchev–Trinajstić information content (AvgIpc) is 3.37. The highest BCUT2D eigenvalue weighted by molar-refractivity contribution is 8.26. The number of halogens is 2. The molecule has 3 heterocycles. The van der Waals surface area contributed by atoms with Crippen LogP contribution in [0, 0.1) is 0 Å². The molecule has 7 nitrogen and oxygen atoms in total. The van der Waals surface area contributed by atoms with E-state index in [0.717, 1.165) is 24.1 Å². The van der Waals surface area contributed by atoms with Crippen LogP contribution in [-0.2, 0) is 11.2 Å². The molecule has 1 N–H and O–H groups in total. The Labute approximate surface area is 198 Å². The standard InChI is InChI=1S/C20H16Cl2N6OS2/c21-14-8-7-12(10-15(14)22)16-5-3-4-13(23-16)11-17-19(29)28(20(30)31-17)9-2-1-6-18-24-26-27-25-18/h3-5,7-8,10-11H,1-2,6,9H2,(H,24,25,26,27). The number of aromatic nitrogens is 5. The molecule has 0 spiro atoms. The molecule has 0 bridgehead atoms. The van der Waals surface area contributed by atoms with Crippen LogP contribution in [0.4, 0.5) is 0 Å². The van der Waals surface area contributed by atoms with Crippen molar-refractivity contribution in [3.63, 3.8) is 0 Å². The Morgan fingerprint density at radius 2 is 2.03 bits per heavy atom. The van der Waals surface area contributed by atoms with E-state index in [4.69, 9.17) is 35.4 Å². The van der Waals surface area contributed by atoms with E-state index in [2.05, 4.69) is 25.6 Å². The lowest BCUT2D eigenvalue weighted by Crippen LogP contribution is -2.29. The molecule has 1 aliphatic rings. The Balaban J connectivity index is 1.43. The predicted octanol–water partition coefficient (Wildman–Crippen LogP) is 4.79. The summed E-state index contributed by atoms with van der Waals surface area (Å²) in [4.78, 5) is 19.7. The number of aryl methyl sites for hydroxylation is 1. The van der Waals surface area contributed by atoms with Gasteiger partial charge in [-0.2, -0.15) is 5.21 Å². The van der Waals surface area contributed by atoms with Crippen LogP contribution in [0.25, 0.3) is 17.3 Å². The minimum absolute atomic E-state index is 0.101. The van der Waals surface area contributed by atoms with Gasteiger partial charge in [-0.1, -0.05) is 64.5 Å². The fourth-order valence-corrected chi connectivity index (χ4v) is 4.61. The zero-order valence-corrected chi connectivity index (χ0v) is 19.2. The summed E-state index contributed by atoms with van der Waals surface area (Å²) in [6.45, 7) is 0.552. The minimum atomic E-state index is -0.101. The van der Waals surface area contributed by atoms with Crippen molar-refractivity contribution in [1.82, 2.24) is 30.5 Å². The molecule has 1 aromatic carbocycles. The second-order valence-corrected chi connectivity index (χ2v) is 9.19. The first-order chi connectivity index (χ1) is 15.0. The SMILES string of the molecule is O=C1C(=Cc2cccc(-c3ccc(Cl)c(Cl)c3)n2)SC(=S)N1CCCCc1nn[nH]n1. The summed E-state index contributed by atoms with van der Waals surface area (Å²) in [5.41, 5.74) is 2.25. The molecule has 0 saturated carbocycles. The maximum Gasteiger partial charge on any atom is 0.266 e. The predicted molar refractivity (Wildman–Crippen MR) is 127 cm³/mol. The van der Waals surface area contributed by atoms with Crippen molar-refractivity contribution in [1.29, 1.82) is 0 Å². The monoisotopic (exact) mass is 490 g/mol. The Kier molecular flexibility index (Phi) is 6.96. The molecule has 1 aliphatic heterocycles. The van der Waals surface area contributed by atoms with E-state index in [1.54, 1.807) is 23.1 Å². The fraction of sp³-hybridized carbons (Fsp3) is 0.200. The largest absolute Gasteiger partial charge is 0.293 e. The van der Waals surface area contributed by atoms with E-state index in [1.807, 2.05) is 24.3 Å². The van der Waals surface area contributed by atoms with Gasteiger partial charge in [0.15, 0.2) is 5.82 Å². The van der Waals surface area contributed by atoms with Gasteiger partial charge < -0.3 is 0 Å². The van der Waals surface area contributed by atoms with Crippen molar-refractivity contribution in [3.05, 3.63) is 62.9 Å². The van der Waals surface area contributed by atoms with Crippen LogP contribution in [0.2, 0.25) is 10.0 Å². The third-order valence-electron chi connectivity index (χ3n) is 4.56. The molecule has 0 atom stereocenters. The number of unbranched alkanes of at least 4 members (excludes halogenated alkanes) is 1. The van der Waals surface area contributed by atoms with Gasteiger partial charge in [0.2, 0.25) is 0 Å². The summed E-state index contributed by atoms with van der Waals surface area (Å²) in [5.74, 6) is 0.564. The van der Waals surface area contributed by atoms with Crippen LogP contribution in [-0.4, -0.2) is 47.3 Å². The van der Waals surface area contributed by atoms with Gasteiger partial charge in [-0.15, -0.1) is 10.2 Å². The number of H-pyrrole nitrogens is 1. The van der Waals surface area contributed by atoms with Crippen LogP contribution < -0.4 is 0 Å². The number of pyridine rings is 1. The van der Waals surface area contributed by atoms with Gasteiger partial charge in [0, 0.05) is 18.5 Å². The van der Waals surface area contributed by atoms with E-state index >= 15 is 0 Å². The summed E-state index contributed by atoms with van der Waals surface area (Å²) in [6, 6.07) is 11.0. The lowest BCUT2D eigenvalue weighted by molar-refractivity contribution is -0.122. The molecular formula is C20H16Cl2N6OS2. The number of hydrogen-bond acceptors (Lipinski definition) is 7. The van der Waals surface area contributed by atoms with Crippen molar-refractivity contribution < 1.29 is 4.79 Å². The number of thioether (sulfide) groups is 1. The van der Waals surface area contributed by atoms with E-state index in [9.17, 15) is 4.79 Å². The zero-order valence-electron chi connectivity index (χ0n) is 16.1. The third kappa shape index (κ3) is 5.30. The van der Waals surface area contributed by atoms with Crippen molar-refractivity contribution in [2.24, 2.45) is 0 Å². The highest BCUT2D eigenvalue weighted by Gasteiger charge is 2.31. The maximum atomic E-state index is 12.8. The summed E-state index contributed by atoms with van der Waals surface area (Å²) in [6.07, 6.45) is 4.09. The number of carbonyl (C=O) groups is 1. The van der Waals surface area contributed by atoms with Crippen molar-refractivity contribution in [3.8, 4) is 11.3 Å². The smallest absolute Gasteiger partial charge is 0.266 e. The lowest BCUT2D eigenvalue weighted by atomic mass is 10.1. The molecule has 0 radical (unpaired) electrons. The second kappa shape index (κ2) is 9.86. The van der Waals surface area contributed by atoms with Crippen molar-refractivity contribution in [2.45, 2.75) is 19.3 Å². The van der Waals surface area contributed by atoms with Gasteiger partial charge in [-0.3, -0.25) is 9.69 Å². The van der Waals surface area contributed by atoms with E-state index in [1.165, 1.54) is 11.8 Å². The Hall–Kier alpha value is -2.33. The van der Waals surface area contributed by atoms with Gasteiger partial charge in [0.1, 0.15) is 4.32 Å². The Morgan fingerprint density at radius 3 is 2.81 bits per heavy atom. The molecule has 3 aromatic rings. The minimum Gasteiger partial charge on any atom is -0.293 e. The number of tetrazole rings is 1. The van der Waals surface area contributed by atoms with Crippen LogP contribution in [0.5, 0.6) is 0 Å². The average molecular weight is 491 g/mol. The van der Waals surface area contributed by atoms with Gasteiger partial charge >= 0.3 is 0 Å². The Bertz CT molecular complexity index is 1150. The van der Waals surface area contributed by atoms with Gasteiger partial charge in [-0.05, 0) is 43.2 Å². The topological polar surface area (TPSA) is 87.7 Å². The highest BCUT2D eigenvalue weighted by atomic mass is 35.5. The van der Waals surface area contributed by atoms with Crippen LogP contribution in [0.3, 0.4) is 0 Å². The summed E-state index contributed by atoms with van der Waals surface area (Å²) >= 11 is 18.8. The van der Waals surface area contributed by atoms with E-state index in [-0.39, 0.29) is 5.91 Å². The molecule has 158 valence electrons. The number of benzene rings is 1. The maximum absolute atomic E-state index is 12.8. The van der Waals surface area contributed by atoms with Crippen LogP contribution >= 0.6 is 47.2 Å². The van der Waals surface area contributed by atoms with Gasteiger partial charge in [0.05, 0.1) is 26.3 Å². The van der Waals surface area contributed by atoms with Crippen molar-refractivity contribution >= 4 is 63.5 Å². The molecule has 4 rings (SSSR count). The molecule has 1 saturated heterocycles. The van der Waals surface area contributed by atoms with Gasteiger partial charge in [0.25, 0.3) is 5.91 Å². The van der Waals surface area contributed by atoms with Gasteiger partial charge in [-0.25, -0.2) is 4.98 Å². The molecule has 1 amide bonds. The number of thiocarbonyl (C=S) groups is 1. The first-order valence-corrected chi connectivity index (χ1v) is 11.4. The molecule has 11 heteroatoms. The van der Waals surface area contributed by atoms with Crippen LogP contribution in [0.1, 0.15) is 24.4 Å². The first-order valence-electron chi connectivity index (χ1n) is 9.41. The first kappa shape index (κ1) is 21.9. The van der Waals surface area contributed by atoms with E-state index < -0.39 is 0 Å². The molecular weight excluding hydrogens is 475 g/mol. The molecule has 1 fully saturated rings. The third-order valence-corrected chi connectivity index (χ3v) is 6.68. The summed E-state index contributed by atoms with van der Waals surface area (Å²) in [7, 11) is 0. The normalized spacial score (nSPS) is 15.3. The fourth-order valence-electron chi connectivity index (χ4n) is 3.02. The van der Waals surface area contributed by atoms with Crippen LogP contribution in [0.15, 0.2) is 41.3 Å². The second-order valence-electron chi connectivity index (χ2n) is 6.70. The number of aromatic amines is 1. The number of carbonyl (C=O) groups excluding carboxylic acids is 1. The number of rotatable bonds is 7. The molecule has 0 unspecified atom stereocenters. The molecule has 2 aromatic heterocycles. The number of hydrogen-bond donors (Lipinski definition) is 1. The summed E-state index contributed by atoms with van der Waals surface area (Å²) in [5, 5.41) is 14.8. The van der Waals surface area contributed by atoms with Crippen molar-refractivity contribution in [2.75, 3.05) is 6.54 Å². The quantitative estimate of drug-likeness (QED) is 0.289. The lowest BCUT2D eigenvalue weighted by Gasteiger charge is -2.13. The molecule has 31 heavy (non-hydrogen) atoms. The number of nitrogens with zero attached hydrogens (tertiary/aromatic N) is 5. The number of nitrogens with one attached hydrogen (secondary N) is 1. The highest BCUT2D eigenvalue weighted by Crippen LogP contribution is 2.33. The number of amides is 1. The van der Waals surface area contributed by atoms with E-state index in [0.29, 0.717) is 43.8 Å². The molecule has 0 aliphatic carbocycles. The Morgan fingerprint density at radius 1 is 1.16 bits per heavy atom.